The lowest BCUT2D eigenvalue weighted by atomic mass is 9.90. The Morgan fingerprint density at radius 3 is 2.45 bits per heavy atom. The number of hydrogen-bond acceptors (Lipinski definition) is 5. The Morgan fingerprint density at radius 1 is 1.03 bits per heavy atom. The molecular formula is C30H33FO6S. The van der Waals surface area contributed by atoms with E-state index >= 15 is 0 Å². The van der Waals surface area contributed by atoms with Gasteiger partial charge in [0.1, 0.15) is 23.9 Å². The quantitative estimate of drug-likeness (QED) is 0.278. The molecule has 38 heavy (non-hydrogen) atoms. The number of aliphatic carboxylic acids is 1. The highest BCUT2D eigenvalue weighted by Crippen LogP contribution is 2.40. The zero-order chi connectivity index (χ0) is 27.4. The molecule has 0 bridgehead atoms. The first-order valence-electron chi connectivity index (χ1n) is 12.7. The van der Waals surface area contributed by atoms with Gasteiger partial charge in [0.25, 0.3) is 0 Å². The van der Waals surface area contributed by atoms with Crippen LogP contribution in [0.1, 0.15) is 56.6 Å². The van der Waals surface area contributed by atoms with Crippen molar-refractivity contribution in [3.8, 4) is 22.6 Å². The van der Waals surface area contributed by atoms with Gasteiger partial charge in [-0.05, 0) is 79.6 Å². The number of methoxy groups -OCH3 is 1. The number of carboxylic acid groups (broad SMARTS) is 1. The fraction of sp³-hybridized carbons (Fsp3) is 0.367. The Hall–Kier alpha value is -3.39. The van der Waals surface area contributed by atoms with Gasteiger partial charge in [-0.15, -0.1) is 0 Å². The summed E-state index contributed by atoms with van der Waals surface area (Å²) in [5, 5.41) is 8.66. The average molecular weight is 541 g/mol. The zero-order valence-electron chi connectivity index (χ0n) is 21.8. The summed E-state index contributed by atoms with van der Waals surface area (Å²) in [6.45, 7) is 3.27. The van der Waals surface area contributed by atoms with Gasteiger partial charge in [-0.2, -0.15) is 0 Å². The molecule has 4 rings (SSSR count). The molecule has 0 unspecified atom stereocenters. The lowest BCUT2D eigenvalue weighted by molar-refractivity contribution is -0.137. The van der Waals surface area contributed by atoms with Crippen molar-refractivity contribution in [1.82, 2.24) is 0 Å². The van der Waals surface area contributed by atoms with Crippen LogP contribution in [-0.2, 0) is 21.2 Å². The standard InChI is InChI=1S/C30H33FO6S/c1-19(2)38(34,35)29-14-21(9-11-26(29)27-17-24(36-3)10-12-28(27)31)18-37-25-6-4-5-22(15-25)23(16-30(32)33)13-20-7-8-20/h4-6,9-12,14-15,17,19-20,23H,7-8,13,16,18H2,1-3H3,(H,32,33)/t23-/m0/s1. The first kappa shape index (κ1) is 27.6. The summed E-state index contributed by atoms with van der Waals surface area (Å²) in [5.41, 5.74) is 1.94. The Labute approximate surface area is 223 Å². The second kappa shape index (κ2) is 11.6. The van der Waals surface area contributed by atoms with Gasteiger partial charge in [-0.1, -0.05) is 37.1 Å². The molecule has 0 heterocycles. The Kier molecular flexibility index (Phi) is 8.41. The SMILES string of the molecule is COc1ccc(F)c(-c2ccc(COc3cccc([C@H](CC(=O)O)CC4CC4)c3)cc2S(=O)(=O)C(C)C)c1. The van der Waals surface area contributed by atoms with Gasteiger partial charge in [-0.25, -0.2) is 12.8 Å². The molecule has 3 aromatic carbocycles. The molecule has 202 valence electrons. The van der Waals surface area contributed by atoms with E-state index in [0.717, 1.165) is 24.8 Å². The van der Waals surface area contributed by atoms with Crippen LogP contribution in [0.25, 0.3) is 11.1 Å². The maximum atomic E-state index is 14.8. The third kappa shape index (κ3) is 6.54. The maximum absolute atomic E-state index is 14.8. The number of halogens is 1. The van der Waals surface area contributed by atoms with E-state index in [1.807, 2.05) is 18.2 Å². The van der Waals surface area contributed by atoms with Gasteiger partial charge >= 0.3 is 5.97 Å². The summed E-state index contributed by atoms with van der Waals surface area (Å²) in [6, 6.07) is 16.5. The van der Waals surface area contributed by atoms with Crippen molar-refractivity contribution in [2.45, 2.75) is 62.2 Å². The van der Waals surface area contributed by atoms with E-state index in [1.54, 1.807) is 32.0 Å². The second-order valence-corrected chi connectivity index (χ2v) is 12.6. The van der Waals surface area contributed by atoms with E-state index in [0.29, 0.717) is 23.0 Å². The van der Waals surface area contributed by atoms with E-state index in [9.17, 15) is 22.7 Å². The van der Waals surface area contributed by atoms with Gasteiger partial charge in [0.2, 0.25) is 0 Å². The number of carbonyl (C=O) groups is 1. The highest BCUT2D eigenvalue weighted by atomic mass is 32.2. The van der Waals surface area contributed by atoms with Gasteiger partial charge in [-0.3, -0.25) is 4.79 Å². The summed E-state index contributed by atoms with van der Waals surface area (Å²) in [7, 11) is -2.28. The van der Waals surface area contributed by atoms with E-state index in [4.69, 9.17) is 9.47 Å². The van der Waals surface area contributed by atoms with Gasteiger partial charge in [0, 0.05) is 11.1 Å². The molecule has 8 heteroatoms. The van der Waals surface area contributed by atoms with Crippen LogP contribution in [0.15, 0.2) is 65.6 Å². The Morgan fingerprint density at radius 2 is 1.79 bits per heavy atom. The predicted molar refractivity (Wildman–Crippen MR) is 144 cm³/mol. The van der Waals surface area contributed by atoms with E-state index < -0.39 is 26.9 Å². The van der Waals surface area contributed by atoms with Gasteiger partial charge < -0.3 is 14.6 Å². The topological polar surface area (TPSA) is 89.9 Å². The average Bonchev–Trinajstić information content (AvgIpc) is 3.71. The molecule has 0 radical (unpaired) electrons. The molecule has 1 aliphatic carbocycles. The smallest absolute Gasteiger partial charge is 0.303 e. The maximum Gasteiger partial charge on any atom is 0.303 e. The largest absolute Gasteiger partial charge is 0.497 e. The number of benzene rings is 3. The van der Waals surface area contributed by atoms with Crippen molar-refractivity contribution >= 4 is 15.8 Å². The molecule has 0 saturated heterocycles. The second-order valence-electron chi connectivity index (χ2n) is 10.1. The summed E-state index contributed by atoms with van der Waals surface area (Å²) >= 11 is 0. The van der Waals surface area contributed by atoms with Crippen LogP contribution in [0.2, 0.25) is 0 Å². The lowest BCUT2D eigenvalue weighted by Gasteiger charge is -2.18. The molecule has 0 aromatic heterocycles. The van der Waals surface area contributed by atoms with Crippen LogP contribution >= 0.6 is 0 Å². The monoisotopic (exact) mass is 540 g/mol. The minimum Gasteiger partial charge on any atom is -0.497 e. The fourth-order valence-corrected chi connectivity index (χ4v) is 5.84. The van der Waals surface area contributed by atoms with Crippen LogP contribution in [0, 0.1) is 11.7 Å². The molecular weight excluding hydrogens is 507 g/mol. The zero-order valence-corrected chi connectivity index (χ0v) is 22.6. The molecule has 0 spiro atoms. The number of rotatable bonds is 12. The fourth-order valence-electron chi connectivity index (χ4n) is 4.54. The van der Waals surface area contributed by atoms with Crippen LogP contribution in [0.4, 0.5) is 4.39 Å². The predicted octanol–water partition coefficient (Wildman–Crippen LogP) is 6.62. The minimum atomic E-state index is -3.75. The first-order valence-corrected chi connectivity index (χ1v) is 14.3. The van der Waals surface area contributed by atoms with Gasteiger partial charge in [0.15, 0.2) is 9.84 Å². The molecule has 0 amide bonds. The number of sulfone groups is 1. The van der Waals surface area contributed by atoms with E-state index in [1.165, 1.54) is 31.4 Å². The van der Waals surface area contributed by atoms with Crippen LogP contribution < -0.4 is 9.47 Å². The molecule has 0 aliphatic heterocycles. The third-order valence-electron chi connectivity index (χ3n) is 6.91. The van der Waals surface area contributed by atoms with Crippen molar-refractivity contribution in [3.05, 3.63) is 77.6 Å². The molecule has 1 saturated carbocycles. The normalized spacial score (nSPS) is 14.3. The lowest BCUT2D eigenvalue weighted by Crippen LogP contribution is -2.16. The summed E-state index contributed by atoms with van der Waals surface area (Å²) < 4.78 is 52.6. The first-order chi connectivity index (χ1) is 18.1. The summed E-state index contributed by atoms with van der Waals surface area (Å²) in [4.78, 5) is 11.4. The Bertz CT molecular complexity index is 1410. The van der Waals surface area contributed by atoms with E-state index in [2.05, 4.69) is 0 Å². The van der Waals surface area contributed by atoms with Crippen LogP contribution in [0.3, 0.4) is 0 Å². The molecule has 6 nitrogen and oxygen atoms in total. The minimum absolute atomic E-state index is 0.0282. The molecule has 1 aliphatic rings. The van der Waals surface area contributed by atoms with Crippen LogP contribution in [-0.4, -0.2) is 31.9 Å². The van der Waals surface area contributed by atoms with Crippen LogP contribution in [0.5, 0.6) is 11.5 Å². The van der Waals surface area contributed by atoms with Crippen molar-refractivity contribution in [1.29, 1.82) is 0 Å². The number of ether oxygens (including phenoxy) is 2. The summed E-state index contributed by atoms with van der Waals surface area (Å²) in [6.07, 6.45) is 3.19. The molecule has 1 fully saturated rings. The van der Waals surface area contributed by atoms with Crippen molar-refractivity contribution in [3.63, 3.8) is 0 Å². The molecule has 1 atom stereocenters. The van der Waals surface area contributed by atoms with E-state index in [-0.39, 0.29) is 35.0 Å². The molecule has 1 N–H and O–H groups in total. The summed E-state index contributed by atoms with van der Waals surface area (Å²) in [5.74, 6) is 0.123. The highest BCUT2D eigenvalue weighted by molar-refractivity contribution is 7.92. The highest BCUT2D eigenvalue weighted by Gasteiger charge is 2.28. The number of hydrogen-bond donors (Lipinski definition) is 1. The Balaban J connectivity index is 1.62. The van der Waals surface area contributed by atoms with Gasteiger partial charge in [0.05, 0.1) is 23.7 Å². The number of carboxylic acids is 1. The van der Waals surface area contributed by atoms with Crippen molar-refractivity contribution < 1.29 is 32.2 Å². The van der Waals surface area contributed by atoms with Crippen molar-refractivity contribution in [2.75, 3.05) is 7.11 Å². The van der Waals surface area contributed by atoms with Crippen molar-refractivity contribution in [2.24, 2.45) is 5.92 Å². The molecule has 3 aromatic rings. The third-order valence-corrected chi connectivity index (χ3v) is 9.10.